The Labute approximate surface area is 123 Å². The maximum absolute atomic E-state index is 13.2. The first kappa shape index (κ1) is 13.8. The van der Waals surface area contributed by atoms with Crippen molar-refractivity contribution in [3.05, 3.63) is 41.7 Å². The van der Waals surface area contributed by atoms with Crippen molar-refractivity contribution in [3.8, 4) is 11.3 Å². The number of likely N-dealkylation sites (tertiary alicyclic amines) is 1. The van der Waals surface area contributed by atoms with E-state index in [2.05, 4.69) is 5.16 Å². The molecule has 22 heavy (non-hydrogen) atoms. The van der Waals surface area contributed by atoms with E-state index in [4.69, 9.17) is 4.52 Å². The zero-order valence-electron chi connectivity index (χ0n) is 11.4. The van der Waals surface area contributed by atoms with E-state index in [0.29, 0.717) is 36.7 Å². The molecule has 0 bridgehead atoms. The van der Waals surface area contributed by atoms with Crippen LogP contribution >= 0.6 is 0 Å². The van der Waals surface area contributed by atoms with E-state index in [0.717, 1.165) is 12.1 Å². The van der Waals surface area contributed by atoms with Crippen molar-refractivity contribution < 1.29 is 22.1 Å². The van der Waals surface area contributed by atoms with Crippen LogP contribution in [0.5, 0.6) is 0 Å². The van der Waals surface area contributed by atoms with Gasteiger partial charge in [0.1, 0.15) is 5.69 Å². The predicted molar refractivity (Wildman–Crippen MR) is 69.1 cm³/mol. The Morgan fingerprint density at radius 2 is 1.86 bits per heavy atom. The second-order valence-electron chi connectivity index (χ2n) is 5.89. The van der Waals surface area contributed by atoms with Crippen molar-refractivity contribution in [1.29, 1.82) is 0 Å². The molecule has 2 aromatic rings. The second kappa shape index (κ2) is 4.55. The normalized spacial score (nSPS) is 26.2. The average Bonchev–Trinajstić information content (AvgIpc) is 2.92. The van der Waals surface area contributed by atoms with Crippen LogP contribution in [0.15, 0.2) is 28.8 Å². The minimum Gasteiger partial charge on any atom is -0.359 e. The summed E-state index contributed by atoms with van der Waals surface area (Å²) < 4.78 is 57.5. The van der Waals surface area contributed by atoms with Crippen molar-refractivity contribution in [2.75, 3.05) is 13.1 Å². The van der Waals surface area contributed by atoms with Gasteiger partial charge in [0.25, 0.3) is 5.92 Å². The minimum absolute atomic E-state index is 0.346. The highest BCUT2D eigenvalue weighted by molar-refractivity contribution is 5.58. The van der Waals surface area contributed by atoms with Gasteiger partial charge in [-0.25, -0.2) is 17.6 Å². The lowest BCUT2D eigenvalue weighted by atomic mass is 10.1. The molecule has 0 N–H and O–H groups in total. The monoisotopic (exact) mass is 312 g/mol. The molecule has 2 heterocycles. The third-order valence-electron chi connectivity index (χ3n) is 4.43. The van der Waals surface area contributed by atoms with Gasteiger partial charge in [0.15, 0.2) is 17.4 Å². The van der Waals surface area contributed by atoms with Gasteiger partial charge in [0.2, 0.25) is 0 Å². The Balaban J connectivity index is 1.45. The van der Waals surface area contributed by atoms with Crippen molar-refractivity contribution in [3.63, 3.8) is 0 Å². The van der Waals surface area contributed by atoms with E-state index in [1.165, 1.54) is 6.07 Å². The van der Waals surface area contributed by atoms with Gasteiger partial charge in [-0.2, -0.15) is 0 Å². The van der Waals surface area contributed by atoms with E-state index >= 15 is 0 Å². The zero-order valence-corrected chi connectivity index (χ0v) is 11.4. The molecule has 116 valence electrons. The topological polar surface area (TPSA) is 29.3 Å². The first-order valence-electron chi connectivity index (χ1n) is 6.96. The van der Waals surface area contributed by atoms with Crippen LogP contribution in [0.2, 0.25) is 0 Å². The molecule has 2 fully saturated rings. The van der Waals surface area contributed by atoms with Gasteiger partial charge >= 0.3 is 0 Å². The van der Waals surface area contributed by atoms with Gasteiger partial charge in [-0.05, 0) is 18.2 Å². The van der Waals surface area contributed by atoms with E-state index in [1.54, 1.807) is 6.07 Å². The van der Waals surface area contributed by atoms with Crippen LogP contribution in [0.3, 0.4) is 0 Å². The summed E-state index contributed by atoms with van der Waals surface area (Å²) >= 11 is 0. The molecule has 0 radical (unpaired) electrons. The number of hydrogen-bond acceptors (Lipinski definition) is 3. The van der Waals surface area contributed by atoms with Gasteiger partial charge in [0.05, 0.1) is 6.54 Å². The fraction of sp³-hybridized carbons (Fsp3) is 0.400. The van der Waals surface area contributed by atoms with Gasteiger partial charge in [-0.15, -0.1) is 0 Å². The molecule has 4 rings (SSSR count). The first-order valence-corrected chi connectivity index (χ1v) is 6.96. The molecule has 7 heteroatoms. The summed E-state index contributed by atoms with van der Waals surface area (Å²) in [5.74, 6) is -4.95. The Bertz CT molecular complexity index is 716. The van der Waals surface area contributed by atoms with Gasteiger partial charge < -0.3 is 4.52 Å². The maximum atomic E-state index is 13.2. The molecular weight excluding hydrogens is 300 g/mol. The molecule has 2 aliphatic rings. The van der Waals surface area contributed by atoms with Gasteiger partial charge in [0, 0.05) is 36.6 Å². The Morgan fingerprint density at radius 3 is 2.55 bits per heavy atom. The van der Waals surface area contributed by atoms with Crippen molar-refractivity contribution in [2.45, 2.75) is 12.5 Å². The fourth-order valence-electron chi connectivity index (χ4n) is 3.12. The Morgan fingerprint density at radius 1 is 1.14 bits per heavy atom. The van der Waals surface area contributed by atoms with Crippen molar-refractivity contribution in [1.82, 2.24) is 10.1 Å². The van der Waals surface area contributed by atoms with Crippen LogP contribution in [-0.4, -0.2) is 29.1 Å². The molecule has 0 amide bonds. The summed E-state index contributed by atoms with van der Waals surface area (Å²) in [6, 6.07) is 5.10. The molecule has 1 aromatic carbocycles. The smallest absolute Gasteiger partial charge is 0.257 e. The number of hydrogen-bond donors (Lipinski definition) is 0. The summed E-state index contributed by atoms with van der Waals surface area (Å²) in [5, 5.41) is 3.82. The molecule has 1 aliphatic heterocycles. The zero-order chi connectivity index (χ0) is 15.5. The summed E-state index contributed by atoms with van der Waals surface area (Å²) in [6.45, 7) is 1.08. The molecule has 2 atom stereocenters. The third kappa shape index (κ3) is 2.11. The Hall–Kier alpha value is -1.89. The quantitative estimate of drug-likeness (QED) is 0.814. The first-order chi connectivity index (χ1) is 10.4. The maximum Gasteiger partial charge on any atom is 0.257 e. The predicted octanol–water partition coefficient (Wildman–Crippen LogP) is 3.32. The molecule has 1 aliphatic carbocycles. The SMILES string of the molecule is Fc1ccc(-c2cc(CN3CC4C(C3)C4(F)F)on2)cc1F. The summed E-state index contributed by atoms with van der Waals surface area (Å²) in [4.78, 5) is 1.89. The number of alkyl halides is 2. The van der Waals surface area contributed by atoms with Gasteiger partial charge in [-0.1, -0.05) is 5.16 Å². The second-order valence-corrected chi connectivity index (χ2v) is 5.89. The summed E-state index contributed by atoms with van der Waals surface area (Å²) in [6.07, 6.45) is 0. The highest BCUT2D eigenvalue weighted by Crippen LogP contribution is 2.59. The van der Waals surface area contributed by atoms with Crippen LogP contribution < -0.4 is 0 Å². The van der Waals surface area contributed by atoms with Crippen LogP contribution in [0.25, 0.3) is 11.3 Å². The Kier molecular flexibility index (Phi) is 2.84. The van der Waals surface area contributed by atoms with Crippen LogP contribution in [0.4, 0.5) is 17.6 Å². The number of piperidine rings is 1. The largest absolute Gasteiger partial charge is 0.359 e. The summed E-state index contributed by atoms with van der Waals surface area (Å²) in [5.41, 5.74) is 0.799. The molecule has 1 saturated carbocycles. The van der Waals surface area contributed by atoms with Crippen molar-refractivity contribution >= 4 is 0 Å². The summed E-state index contributed by atoms with van der Waals surface area (Å²) in [7, 11) is 0. The lowest BCUT2D eigenvalue weighted by Crippen LogP contribution is -2.26. The molecule has 3 nitrogen and oxygen atoms in total. The lowest BCUT2D eigenvalue weighted by Gasteiger charge is -2.17. The highest BCUT2D eigenvalue weighted by atomic mass is 19.3. The number of nitrogens with zero attached hydrogens (tertiary/aromatic N) is 2. The van der Waals surface area contributed by atoms with E-state index in [9.17, 15) is 17.6 Å². The molecular formula is C15H12F4N2O. The number of rotatable bonds is 3. The van der Waals surface area contributed by atoms with E-state index < -0.39 is 29.4 Å². The highest BCUT2D eigenvalue weighted by Gasteiger charge is 2.71. The number of aromatic nitrogens is 1. The number of benzene rings is 1. The van der Waals surface area contributed by atoms with Crippen LogP contribution in [-0.2, 0) is 6.54 Å². The van der Waals surface area contributed by atoms with E-state index in [-0.39, 0.29) is 0 Å². The molecule has 2 unspecified atom stereocenters. The van der Waals surface area contributed by atoms with E-state index in [1.807, 2.05) is 4.90 Å². The number of halogens is 4. The number of fused-ring (bicyclic) bond motifs is 1. The fourth-order valence-corrected chi connectivity index (χ4v) is 3.12. The minimum atomic E-state index is -2.51. The standard InChI is InChI=1S/C15H12F4N2O/c16-12-2-1-8(3-13(12)17)14-4-9(22-20-14)5-21-6-10-11(7-21)15(10,18)19/h1-4,10-11H,5-7H2. The molecule has 1 aromatic heterocycles. The average molecular weight is 312 g/mol. The van der Waals surface area contributed by atoms with Crippen molar-refractivity contribution in [2.24, 2.45) is 11.8 Å². The lowest BCUT2D eigenvalue weighted by molar-refractivity contribution is 0.0501. The van der Waals surface area contributed by atoms with Crippen LogP contribution in [0.1, 0.15) is 5.76 Å². The molecule has 1 saturated heterocycles. The van der Waals surface area contributed by atoms with Crippen LogP contribution in [0, 0.1) is 23.5 Å². The third-order valence-corrected chi connectivity index (χ3v) is 4.43. The molecule has 0 spiro atoms. The van der Waals surface area contributed by atoms with Gasteiger partial charge in [-0.3, -0.25) is 4.90 Å².